The van der Waals surface area contributed by atoms with Gasteiger partial charge in [-0.05, 0) is 54.3 Å². The van der Waals surface area contributed by atoms with E-state index in [-0.39, 0.29) is 30.3 Å². The fourth-order valence-corrected chi connectivity index (χ4v) is 5.27. The highest BCUT2D eigenvalue weighted by atomic mass is 32.1. The maximum absolute atomic E-state index is 13.4. The van der Waals surface area contributed by atoms with Crippen molar-refractivity contribution < 1.29 is 9.59 Å². The molecule has 1 aromatic heterocycles. The van der Waals surface area contributed by atoms with Crippen LogP contribution in [-0.2, 0) is 16.0 Å². The molecule has 0 spiro atoms. The minimum atomic E-state index is -0.0805. The van der Waals surface area contributed by atoms with Gasteiger partial charge in [-0.2, -0.15) is 0 Å². The zero-order valence-electron chi connectivity index (χ0n) is 17.0. The summed E-state index contributed by atoms with van der Waals surface area (Å²) in [7, 11) is 0. The number of carbonyl (C=O) groups is 2. The van der Waals surface area contributed by atoms with Crippen LogP contribution in [0.5, 0.6) is 0 Å². The second kappa shape index (κ2) is 8.54. The Balaban J connectivity index is 1.61. The summed E-state index contributed by atoms with van der Waals surface area (Å²) in [6.07, 6.45) is 5.58. The van der Waals surface area contributed by atoms with E-state index in [1.807, 2.05) is 17.0 Å². The van der Waals surface area contributed by atoms with E-state index in [0.717, 1.165) is 25.7 Å². The molecule has 29 heavy (non-hydrogen) atoms. The summed E-state index contributed by atoms with van der Waals surface area (Å²) in [5.41, 5.74) is 3.58. The van der Waals surface area contributed by atoms with Gasteiger partial charge in [0.1, 0.15) is 6.54 Å². The van der Waals surface area contributed by atoms with Crippen LogP contribution in [0.4, 0.5) is 0 Å². The summed E-state index contributed by atoms with van der Waals surface area (Å²) < 4.78 is 0. The molecule has 1 aliphatic heterocycles. The van der Waals surface area contributed by atoms with E-state index in [1.54, 1.807) is 22.3 Å². The number of benzene rings is 1. The molecule has 2 heterocycles. The summed E-state index contributed by atoms with van der Waals surface area (Å²) in [4.78, 5) is 31.3. The molecule has 0 N–H and O–H groups in total. The van der Waals surface area contributed by atoms with Gasteiger partial charge < -0.3 is 9.80 Å². The van der Waals surface area contributed by atoms with Crippen molar-refractivity contribution >= 4 is 23.2 Å². The molecule has 1 fully saturated rings. The Labute approximate surface area is 176 Å². The Morgan fingerprint density at radius 3 is 2.72 bits per heavy atom. The number of rotatable bonds is 6. The molecule has 4 nitrogen and oxygen atoms in total. The number of fused-ring (bicyclic) bond motifs is 1. The van der Waals surface area contributed by atoms with Crippen LogP contribution in [0.25, 0.3) is 0 Å². The van der Waals surface area contributed by atoms with Crippen molar-refractivity contribution in [1.29, 1.82) is 0 Å². The first-order chi connectivity index (χ1) is 14.1. The fraction of sp³-hybridized carbons (Fsp3) is 0.417. The lowest BCUT2D eigenvalue weighted by Crippen LogP contribution is -2.48. The molecule has 1 saturated carbocycles. The second-order valence-electron chi connectivity index (χ2n) is 8.03. The van der Waals surface area contributed by atoms with Gasteiger partial charge in [0.2, 0.25) is 11.8 Å². The first-order valence-electron chi connectivity index (χ1n) is 10.4. The van der Waals surface area contributed by atoms with Gasteiger partial charge in [0, 0.05) is 23.9 Å². The van der Waals surface area contributed by atoms with Crippen molar-refractivity contribution in [3.8, 4) is 0 Å². The molecule has 1 aromatic carbocycles. The SMILES string of the molecule is C=CCN(CC(=O)N1CCc2sccc2C1c1ccccc1C)C(=O)C1CCC1. The number of carbonyl (C=O) groups excluding carboxylic acids is 2. The normalized spacial score (nSPS) is 18.7. The van der Waals surface area contributed by atoms with Crippen LogP contribution >= 0.6 is 11.3 Å². The average molecular weight is 409 g/mol. The van der Waals surface area contributed by atoms with Crippen molar-refractivity contribution in [3.63, 3.8) is 0 Å². The van der Waals surface area contributed by atoms with Crippen molar-refractivity contribution in [3.05, 3.63) is 69.9 Å². The minimum Gasteiger partial charge on any atom is -0.330 e. The summed E-state index contributed by atoms with van der Waals surface area (Å²) in [6, 6.07) is 10.4. The lowest BCUT2D eigenvalue weighted by Gasteiger charge is -2.39. The van der Waals surface area contributed by atoms with Crippen LogP contribution in [0.3, 0.4) is 0 Å². The minimum absolute atomic E-state index is 0.0182. The Hall–Kier alpha value is -2.40. The quantitative estimate of drug-likeness (QED) is 0.667. The first-order valence-corrected chi connectivity index (χ1v) is 11.3. The van der Waals surface area contributed by atoms with E-state index in [2.05, 4.69) is 37.1 Å². The summed E-state index contributed by atoms with van der Waals surface area (Å²) in [6.45, 7) is 7.12. The standard InChI is InChI=1S/C24H28N2O2S/c1-3-13-25(24(28)18-8-6-9-18)16-22(27)26-14-11-21-20(12-15-29-21)23(26)19-10-5-4-7-17(19)2/h3-5,7,10,12,15,18,23H,1,6,8-9,11,13-14,16H2,2H3. The Kier molecular flexibility index (Phi) is 5.86. The third-order valence-electron chi connectivity index (χ3n) is 6.21. The third-order valence-corrected chi connectivity index (χ3v) is 7.21. The van der Waals surface area contributed by atoms with E-state index >= 15 is 0 Å². The largest absolute Gasteiger partial charge is 0.330 e. The topological polar surface area (TPSA) is 40.6 Å². The van der Waals surface area contributed by atoms with Crippen molar-refractivity contribution in [1.82, 2.24) is 9.80 Å². The highest BCUT2D eigenvalue weighted by molar-refractivity contribution is 7.10. The van der Waals surface area contributed by atoms with E-state index in [0.29, 0.717) is 13.1 Å². The molecule has 2 amide bonds. The zero-order valence-corrected chi connectivity index (χ0v) is 17.8. The molecule has 5 heteroatoms. The molecule has 152 valence electrons. The van der Waals surface area contributed by atoms with Crippen molar-refractivity contribution in [2.24, 2.45) is 5.92 Å². The van der Waals surface area contributed by atoms with Gasteiger partial charge in [-0.25, -0.2) is 0 Å². The molecule has 1 unspecified atom stereocenters. The molecule has 0 bridgehead atoms. The molecular weight excluding hydrogens is 380 g/mol. The van der Waals surface area contributed by atoms with Gasteiger partial charge in [-0.1, -0.05) is 36.8 Å². The van der Waals surface area contributed by atoms with Crippen LogP contribution < -0.4 is 0 Å². The number of nitrogens with zero attached hydrogens (tertiary/aromatic N) is 2. The van der Waals surface area contributed by atoms with E-state index in [1.165, 1.54) is 21.6 Å². The zero-order chi connectivity index (χ0) is 20.4. The predicted molar refractivity (Wildman–Crippen MR) is 117 cm³/mol. The monoisotopic (exact) mass is 408 g/mol. The van der Waals surface area contributed by atoms with Gasteiger partial charge in [0.25, 0.3) is 0 Å². The summed E-state index contributed by atoms with van der Waals surface area (Å²) >= 11 is 1.77. The number of aryl methyl sites for hydroxylation is 1. The molecule has 1 aliphatic carbocycles. The number of hydrogen-bond donors (Lipinski definition) is 0. The fourth-order valence-electron chi connectivity index (χ4n) is 4.37. The average Bonchev–Trinajstić information content (AvgIpc) is 3.15. The molecule has 1 atom stereocenters. The molecule has 2 aliphatic rings. The van der Waals surface area contributed by atoms with Crippen molar-refractivity contribution in [2.75, 3.05) is 19.6 Å². The van der Waals surface area contributed by atoms with Gasteiger partial charge >= 0.3 is 0 Å². The first kappa shape index (κ1) is 19.9. The highest BCUT2D eigenvalue weighted by Crippen LogP contribution is 2.39. The third kappa shape index (κ3) is 3.88. The lowest BCUT2D eigenvalue weighted by molar-refractivity contribution is -0.145. The lowest BCUT2D eigenvalue weighted by atomic mass is 9.84. The summed E-state index contributed by atoms with van der Waals surface area (Å²) in [5, 5.41) is 2.12. The number of amides is 2. The van der Waals surface area contributed by atoms with Crippen LogP contribution in [0, 0.1) is 12.8 Å². The van der Waals surface area contributed by atoms with Gasteiger partial charge in [-0.3, -0.25) is 9.59 Å². The van der Waals surface area contributed by atoms with E-state index in [9.17, 15) is 9.59 Å². The molecular formula is C24H28N2O2S. The Morgan fingerprint density at radius 1 is 1.24 bits per heavy atom. The molecule has 4 rings (SSSR count). The van der Waals surface area contributed by atoms with E-state index in [4.69, 9.17) is 0 Å². The van der Waals surface area contributed by atoms with Crippen LogP contribution in [-0.4, -0.2) is 41.2 Å². The molecule has 2 aromatic rings. The van der Waals surface area contributed by atoms with Gasteiger partial charge in [-0.15, -0.1) is 17.9 Å². The highest BCUT2D eigenvalue weighted by Gasteiger charge is 2.36. The Morgan fingerprint density at radius 2 is 2.03 bits per heavy atom. The molecule has 0 saturated heterocycles. The van der Waals surface area contributed by atoms with Gasteiger partial charge in [0.05, 0.1) is 6.04 Å². The maximum atomic E-state index is 13.4. The second-order valence-corrected chi connectivity index (χ2v) is 9.03. The Bertz CT molecular complexity index is 915. The van der Waals surface area contributed by atoms with Crippen molar-refractivity contribution in [2.45, 2.75) is 38.6 Å². The summed E-state index contributed by atoms with van der Waals surface area (Å²) in [5.74, 6) is 0.203. The predicted octanol–water partition coefficient (Wildman–Crippen LogP) is 4.35. The number of hydrogen-bond acceptors (Lipinski definition) is 3. The molecule has 0 radical (unpaired) electrons. The van der Waals surface area contributed by atoms with Crippen LogP contribution in [0.15, 0.2) is 48.4 Å². The maximum Gasteiger partial charge on any atom is 0.243 e. The van der Waals surface area contributed by atoms with E-state index < -0.39 is 0 Å². The smallest absolute Gasteiger partial charge is 0.243 e. The van der Waals surface area contributed by atoms with Crippen LogP contribution in [0.1, 0.15) is 46.9 Å². The van der Waals surface area contributed by atoms with Crippen LogP contribution in [0.2, 0.25) is 0 Å². The number of thiophene rings is 1. The van der Waals surface area contributed by atoms with Gasteiger partial charge in [0.15, 0.2) is 0 Å².